The van der Waals surface area contributed by atoms with E-state index in [0.717, 1.165) is 6.07 Å². The SMILES string of the molecule is O=C(COC(=O)c1ccccc1[N+](=O)[O-])NNC(=O)c1ccccc1. The number of nitro benzene ring substituents is 1. The fourth-order valence-electron chi connectivity index (χ4n) is 1.84. The van der Waals surface area contributed by atoms with Crippen LogP contribution in [0.2, 0.25) is 0 Å². The Morgan fingerprint density at radius 1 is 0.960 bits per heavy atom. The van der Waals surface area contributed by atoms with E-state index in [1.807, 2.05) is 0 Å². The van der Waals surface area contributed by atoms with Gasteiger partial charge in [-0.25, -0.2) is 4.79 Å². The van der Waals surface area contributed by atoms with Crippen molar-refractivity contribution in [3.8, 4) is 0 Å². The van der Waals surface area contributed by atoms with E-state index in [-0.39, 0.29) is 5.56 Å². The number of nitrogens with zero attached hydrogens (tertiary/aromatic N) is 1. The van der Waals surface area contributed by atoms with Crippen LogP contribution in [-0.4, -0.2) is 29.3 Å². The van der Waals surface area contributed by atoms with Crippen LogP contribution in [0.5, 0.6) is 0 Å². The Morgan fingerprint density at radius 2 is 1.60 bits per heavy atom. The van der Waals surface area contributed by atoms with Gasteiger partial charge in [0.2, 0.25) is 0 Å². The van der Waals surface area contributed by atoms with E-state index < -0.39 is 35.0 Å². The van der Waals surface area contributed by atoms with Gasteiger partial charge < -0.3 is 4.74 Å². The lowest BCUT2D eigenvalue weighted by Gasteiger charge is -2.08. The van der Waals surface area contributed by atoms with Crippen LogP contribution >= 0.6 is 0 Å². The number of esters is 1. The Morgan fingerprint density at radius 3 is 2.28 bits per heavy atom. The fraction of sp³-hybridized carbons (Fsp3) is 0.0625. The van der Waals surface area contributed by atoms with Crippen molar-refractivity contribution >= 4 is 23.5 Å². The summed E-state index contributed by atoms with van der Waals surface area (Å²) < 4.78 is 4.71. The molecule has 2 rings (SSSR count). The van der Waals surface area contributed by atoms with Crippen molar-refractivity contribution in [2.24, 2.45) is 0 Å². The maximum absolute atomic E-state index is 11.8. The summed E-state index contributed by atoms with van der Waals surface area (Å²) in [5.74, 6) is -2.35. The van der Waals surface area contributed by atoms with Crippen molar-refractivity contribution in [1.82, 2.24) is 10.9 Å². The highest BCUT2D eigenvalue weighted by Gasteiger charge is 2.21. The van der Waals surface area contributed by atoms with E-state index in [0.29, 0.717) is 5.56 Å². The lowest BCUT2D eigenvalue weighted by Crippen LogP contribution is -2.43. The predicted molar refractivity (Wildman–Crippen MR) is 85.4 cm³/mol. The zero-order chi connectivity index (χ0) is 18.2. The van der Waals surface area contributed by atoms with Crippen molar-refractivity contribution in [3.05, 3.63) is 75.8 Å². The van der Waals surface area contributed by atoms with Gasteiger partial charge in [0, 0.05) is 11.6 Å². The van der Waals surface area contributed by atoms with Crippen LogP contribution in [0, 0.1) is 10.1 Å². The monoisotopic (exact) mass is 343 g/mol. The van der Waals surface area contributed by atoms with Crippen molar-refractivity contribution in [3.63, 3.8) is 0 Å². The highest BCUT2D eigenvalue weighted by Crippen LogP contribution is 2.18. The van der Waals surface area contributed by atoms with Crippen LogP contribution in [0.15, 0.2) is 54.6 Å². The second-order valence-electron chi connectivity index (χ2n) is 4.72. The number of hydrogen-bond donors (Lipinski definition) is 2. The number of hydrazine groups is 1. The maximum Gasteiger partial charge on any atom is 0.345 e. The molecule has 2 amide bonds. The molecule has 0 aliphatic rings. The molecule has 2 aromatic rings. The van der Waals surface area contributed by atoms with E-state index in [4.69, 9.17) is 4.74 Å². The fourth-order valence-corrected chi connectivity index (χ4v) is 1.84. The third-order valence-electron chi connectivity index (χ3n) is 3.01. The summed E-state index contributed by atoms with van der Waals surface area (Å²) >= 11 is 0. The predicted octanol–water partition coefficient (Wildman–Crippen LogP) is 1.21. The number of ether oxygens (including phenoxy) is 1. The molecule has 0 saturated carbocycles. The molecule has 0 bridgehead atoms. The number of carbonyl (C=O) groups is 3. The third kappa shape index (κ3) is 4.86. The molecule has 9 heteroatoms. The first kappa shape index (κ1) is 17.6. The van der Waals surface area contributed by atoms with E-state index >= 15 is 0 Å². The first-order chi connectivity index (χ1) is 12.0. The van der Waals surface area contributed by atoms with E-state index in [1.165, 1.54) is 18.2 Å². The van der Waals surface area contributed by atoms with Crippen LogP contribution in [0.4, 0.5) is 5.69 Å². The summed E-state index contributed by atoms with van der Waals surface area (Å²) in [6.07, 6.45) is 0. The number of nitro groups is 1. The zero-order valence-corrected chi connectivity index (χ0v) is 12.8. The number of rotatable bonds is 5. The molecule has 9 nitrogen and oxygen atoms in total. The minimum atomic E-state index is -1.02. The molecule has 25 heavy (non-hydrogen) atoms. The van der Waals surface area contributed by atoms with Gasteiger partial charge in [0.05, 0.1) is 4.92 Å². The molecule has 0 radical (unpaired) electrons. The number of hydrogen-bond acceptors (Lipinski definition) is 6. The first-order valence-corrected chi connectivity index (χ1v) is 7.04. The lowest BCUT2D eigenvalue weighted by molar-refractivity contribution is -0.385. The van der Waals surface area contributed by atoms with Crippen molar-refractivity contribution in [2.75, 3.05) is 6.61 Å². The van der Waals surface area contributed by atoms with Crippen LogP contribution < -0.4 is 10.9 Å². The summed E-state index contributed by atoms with van der Waals surface area (Å²) in [5.41, 5.74) is 3.87. The number of carbonyl (C=O) groups excluding carboxylic acids is 3. The molecule has 0 spiro atoms. The van der Waals surface area contributed by atoms with Gasteiger partial charge in [-0.2, -0.15) is 0 Å². The standard InChI is InChI=1S/C16H13N3O6/c20-14(17-18-15(21)11-6-2-1-3-7-11)10-25-16(22)12-8-4-5-9-13(12)19(23)24/h1-9H,10H2,(H,17,20)(H,18,21). The molecule has 2 aromatic carbocycles. The van der Waals surface area contributed by atoms with Gasteiger partial charge in [0.1, 0.15) is 5.56 Å². The molecule has 0 heterocycles. The molecule has 0 saturated heterocycles. The summed E-state index contributed by atoms with van der Waals surface area (Å²) in [6, 6.07) is 13.4. The quantitative estimate of drug-likeness (QED) is 0.477. The van der Waals surface area contributed by atoms with Crippen LogP contribution in [-0.2, 0) is 9.53 Å². The Hall–Kier alpha value is -3.75. The summed E-state index contributed by atoms with van der Waals surface area (Å²) in [5, 5.41) is 10.8. The highest BCUT2D eigenvalue weighted by atomic mass is 16.6. The van der Waals surface area contributed by atoms with Crippen LogP contribution in [0.1, 0.15) is 20.7 Å². The third-order valence-corrected chi connectivity index (χ3v) is 3.01. The number of amides is 2. The smallest absolute Gasteiger partial charge is 0.345 e. The van der Waals surface area contributed by atoms with Crippen molar-refractivity contribution in [2.45, 2.75) is 0 Å². The minimum absolute atomic E-state index is 0.270. The molecular formula is C16H13N3O6. The largest absolute Gasteiger partial charge is 0.452 e. The Kier molecular flexibility index (Phi) is 5.77. The summed E-state index contributed by atoms with van der Waals surface area (Å²) in [6.45, 7) is -0.708. The van der Waals surface area contributed by atoms with Gasteiger partial charge >= 0.3 is 5.97 Å². The van der Waals surface area contributed by atoms with E-state index in [9.17, 15) is 24.5 Å². The average molecular weight is 343 g/mol. The number of benzene rings is 2. The van der Waals surface area contributed by atoms with E-state index in [1.54, 1.807) is 30.3 Å². The van der Waals surface area contributed by atoms with Crippen molar-refractivity contribution < 1.29 is 24.0 Å². The second kappa shape index (κ2) is 8.20. The molecule has 2 N–H and O–H groups in total. The van der Waals surface area contributed by atoms with Crippen LogP contribution in [0.3, 0.4) is 0 Å². The molecule has 128 valence electrons. The Balaban J connectivity index is 1.85. The molecule has 0 aliphatic heterocycles. The van der Waals surface area contributed by atoms with Gasteiger partial charge in [-0.3, -0.25) is 30.6 Å². The highest BCUT2D eigenvalue weighted by molar-refractivity contribution is 5.97. The molecular weight excluding hydrogens is 330 g/mol. The maximum atomic E-state index is 11.8. The van der Waals surface area contributed by atoms with Gasteiger partial charge in [0.25, 0.3) is 17.5 Å². The lowest BCUT2D eigenvalue weighted by atomic mass is 10.2. The first-order valence-electron chi connectivity index (χ1n) is 7.04. The Labute approximate surface area is 141 Å². The van der Waals surface area contributed by atoms with Gasteiger partial charge in [-0.15, -0.1) is 0 Å². The normalized spacial score (nSPS) is 9.76. The summed E-state index contributed by atoms with van der Waals surface area (Å²) in [7, 11) is 0. The van der Waals surface area contributed by atoms with Crippen molar-refractivity contribution in [1.29, 1.82) is 0 Å². The van der Waals surface area contributed by atoms with E-state index in [2.05, 4.69) is 10.9 Å². The van der Waals surface area contributed by atoms with Crippen LogP contribution in [0.25, 0.3) is 0 Å². The summed E-state index contributed by atoms with van der Waals surface area (Å²) in [4.78, 5) is 45.3. The average Bonchev–Trinajstić information content (AvgIpc) is 2.64. The Bertz CT molecular complexity index is 807. The second-order valence-corrected chi connectivity index (χ2v) is 4.72. The minimum Gasteiger partial charge on any atom is -0.452 e. The number of nitrogens with one attached hydrogen (secondary N) is 2. The van der Waals surface area contributed by atoms with Gasteiger partial charge in [-0.1, -0.05) is 30.3 Å². The topological polar surface area (TPSA) is 128 Å². The molecule has 0 atom stereocenters. The number of para-hydroxylation sites is 1. The molecule has 0 aliphatic carbocycles. The van der Waals surface area contributed by atoms with Gasteiger partial charge in [-0.05, 0) is 18.2 Å². The molecule has 0 aromatic heterocycles. The zero-order valence-electron chi connectivity index (χ0n) is 12.8. The molecule has 0 fully saturated rings. The van der Waals surface area contributed by atoms with Gasteiger partial charge in [0.15, 0.2) is 6.61 Å². The molecule has 0 unspecified atom stereocenters.